The number of halogens is 2. The molecular weight excluding hydrogens is 574 g/mol. The minimum atomic E-state index is -0.307. The number of ether oxygens (including phenoxy) is 1. The van der Waals surface area contributed by atoms with Gasteiger partial charge in [0.15, 0.2) is 5.75 Å². The minimum absolute atomic E-state index is 0.307. The van der Waals surface area contributed by atoms with Crippen LogP contribution < -0.4 is 10.2 Å². The molecule has 1 heterocycles. The summed E-state index contributed by atoms with van der Waals surface area (Å²) >= 11 is 9.97. The summed E-state index contributed by atoms with van der Waals surface area (Å²) in [4.78, 5) is 12.7. The van der Waals surface area contributed by atoms with Crippen molar-refractivity contribution < 1.29 is 9.53 Å². The van der Waals surface area contributed by atoms with Crippen LogP contribution in [-0.4, -0.2) is 16.7 Å². The molecule has 1 amide bonds. The van der Waals surface area contributed by atoms with E-state index in [4.69, 9.17) is 16.3 Å². The molecule has 0 bridgehead atoms. The van der Waals surface area contributed by atoms with Crippen LogP contribution in [-0.2, 0) is 6.61 Å². The Morgan fingerprint density at radius 1 is 0.949 bits per heavy atom. The third-order valence-corrected chi connectivity index (χ3v) is 7.03. The number of aryl methyl sites for hydroxylation is 1. The molecule has 0 aliphatic carbocycles. The molecule has 5 nitrogen and oxygen atoms in total. The van der Waals surface area contributed by atoms with Gasteiger partial charge in [-0.25, -0.2) is 5.43 Å². The van der Waals surface area contributed by atoms with E-state index in [-0.39, 0.29) is 5.91 Å². The van der Waals surface area contributed by atoms with Gasteiger partial charge in [-0.05, 0) is 88.1 Å². The number of nitrogens with zero attached hydrogens (tertiary/aromatic N) is 2. The third kappa shape index (κ3) is 6.30. The number of carbonyl (C=O) groups excluding carboxylic acids is 1. The van der Waals surface area contributed by atoms with Crippen molar-refractivity contribution in [1.29, 1.82) is 0 Å². The van der Waals surface area contributed by atoms with Crippen LogP contribution in [0.4, 0.5) is 0 Å². The average molecular weight is 599 g/mol. The predicted octanol–water partition coefficient (Wildman–Crippen LogP) is 8.21. The van der Waals surface area contributed by atoms with E-state index in [0.29, 0.717) is 33.0 Å². The summed E-state index contributed by atoms with van der Waals surface area (Å²) in [6.45, 7) is 2.47. The lowest BCUT2D eigenvalue weighted by Crippen LogP contribution is -2.17. The van der Waals surface area contributed by atoms with Gasteiger partial charge in [-0.15, -0.1) is 0 Å². The van der Waals surface area contributed by atoms with Crippen molar-refractivity contribution in [2.45, 2.75) is 13.5 Å². The fourth-order valence-electron chi connectivity index (χ4n) is 4.23. The number of hydrogen-bond acceptors (Lipinski definition) is 3. The standard InChI is InChI=1S/C32H25BrClN3O2/c1-22-12-17-30(25-10-6-3-7-11-25)37(22)27-15-13-26(14-16-27)32(38)36-35-20-24-18-28(33)31(29(34)19-24)39-21-23-8-4-2-5-9-23/h2-20H,21H2,1H3,(H,36,38)/b35-20+. The van der Waals surface area contributed by atoms with E-state index in [9.17, 15) is 4.79 Å². The van der Waals surface area contributed by atoms with Gasteiger partial charge in [0, 0.05) is 16.9 Å². The van der Waals surface area contributed by atoms with E-state index in [1.807, 2.05) is 66.7 Å². The van der Waals surface area contributed by atoms with E-state index in [2.05, 4.69) is 62.2 Å². The maximum absolute atomic E-state index is 12.7. The fourth-order valence-corrected chi connectivity index (χ4v) is 5.22. The first-order valence-corrected chi connectivity index (χ1v) is 13.5. The van der Waals surface area contributed by atoms with Gasteiger partial charge < -0.3 is 9.30 Å². The van der Waals surface area contributed by atoms with E-state index in [1.165, 1.54) is 0 Å². The molecule has 1 N–H and O–H groups in total. The number of rotatable bonds is 8. The summed E-state index contributed by atoms with van der Waals surface area (Å²) in [6, 6.07) is 35.3. The Morgan fingerprint density at radius 3 is 2.33 bits per heavy atom. The number of amides is 1. The largest absolute Gasteiger partial charge is 0.486 e. The van der Waals surface area contributed by atoms with Gasteiger partial charge in [0.25, 0.3) is 5.91 Å². The van der Waals surface area contributed by atoms with Crippen LogP contribution in [0.2, 0.25) is 5.02 Å². The molecule has 1 aromatic heterocycles. The Bertz CT molecular complexity index is 1590. The number of aromatic nitrogens is 1. The summed E-state index contributed by atoms with van der Waals surface area (Å²) in [6.07, 6.45) is 1.54. The van der Waals surface area contributed by atoms with Gasteiger partial charge in [-0.3, -0.25) is 4.79 Å². The van der Waals surface area contributed by atoms with E-state index >= 15 is 0 Å². The zero-order valence-electron chi connectivity index (χ0n) is 21.1. The summed E-state index contributed by atoms with van der Waals surface area (Å²) in [5.74, 6) is 0.244. The maximum Gasteiger partial charge on any atom is 0.271 e. The molecule has 0 radical (unpaired) electrons. The molecule has 7 heteroatoms. The molecule has 5 aromatic rings. The zero-order valence-corrected chi connectivity index (χ0v) is 23.5. The van der Waals surface area contributed by atoms with Crippen molar-refractivity contribution in [2.75, 3.05) is 0 Å². The van der Waals surface area contributed by atoms with Gasteiger partial charge in [-0.2, -0.15) is 5.10 Å². The Morgan fingerprint density at radius 2 is 1.64 bits per heavy atom. The highest BCUT2D eigenvalue weighted by molar-refractivity contribution is 9.10. The topological polar surface area (TPSA) is 55.6 Å². The molecular formula is C32H25BrClN3O2. The highest BCUT2D eigenvalue weighted by Crippen LogP contribution is 2.34. The molecule has 0 saturated carbocycles. The molecule has 5 rings (SSSR count). The van der Waals surface area contributed by atoms with E-state index in [1.54, 1.807) is 24.4 Å². The second-order valence-corrected chi connectivity index (χ2v) is 10.2. The fraction of sp³-hybridized carbons (Fsp3) is 0.0625. The molecule has 0 spiro atoms. The smallest absolute Gasteiger partial charge is 0.271 e. The van der Waals surface area contributed by atoms with Gasteiger partial charge in [-0.1, -0.05) is 72.3 Å². The first-order chi connectivity index (χ1) is 19.0. The lowest BCUT2D eigenvalue weighted by atomic mass is 10.1. The van der Waals surface area contributed by atoms with Crippen LogP contribution in [0.5, 0.6) is 5.75 Å². The summed E-state index contributed by atoms with van der Waals surface area (Å²) in [7, 11) is 0. The molecule has 0 atom stereocenters. The first kappa shape index (κ1) is 26.5. The second kappa shape index (κ2) is 12.2. The monoisotopic (exact) mass is 597 g/mol. The SMILES string of the molecule is Cc1ccc(-c2ccccc2)n1-c1ccc(C(=O)N/N=C/c2cc(Cl)c(OCc3ccccc3)c(Br)c2)cc1. The number of benzene rings is 4. The number of hydrogen-bond donors (Lipinski definition) is 1. The number of hydrazone groups is 1. The highest BCUT2D eigenvalue weighted by Gasteiger charge is 2.12. The van der Waals surface area contributed by atoms with Gasteiger partial charge in [0.2, 0.25) is 0 Å². The Kier molecular flexibility index (Phi) is 8.25. The van der Waals surface area contributed by atoms with Crippen LogP contribution in [0.3, 0.4) is 0 Å². The highest BCUT2D eigenvalue weighted by atomic mass is 79.9. The van der Waals surface area contributed by atoms with Crippen molar-refractivity contribution in [3.63, 3.8) is 0 Å². The van der Waals surface area contributed by atoms with E-state index < -0.39 is 0 Å². The quantitative estimate of drug-likeness (QED) is 0.145. The number of nitrogens with one attached hydrogen (secondary N) is 1. The van der Waals surface area contributed by atoms with E-state index in [0.717, 1.165) is 28.2 Å². The molecule has 0 unspecified atom stereocenters. The Balaban J connectivity index is 1.24. The van der Waals surface area contributed by atoms with Gasteiger partial charge in [0.1, 0.15) is 6.61 Å². The first-order valence-electron chi connectivity index (χ1n) is 12.3. The molecule has 0 saturated heterocycles. The molecule has 0 aliphatic rings. The summed E-state index contributed by atoms with van der Waals surface area (Å²) in [5, 5.41) is 4.56. The average Bonchev–Trinajstić information content (AvgIpc) is 3.35. The van der Waals surface area contributed by atoms with Crippen LogP contribution in [0.15, 0.2) is 119 Å². The van der Waals surface area contributed by atoms with Crippen molar-refractivity contribution in [1.82, 2.24) is 9.99 Å². The van der Waals surface area contributed by atoms with Crippen LogP contribution >= 0.6 is 27.5 Å². The van der Waals surface area contributed by atoms with Crippen molar-refractivity contribution in [3.05, 3.63) is 141 Å². The molecule has 4 aromatic carbocycles. The van der Waals surface area contributed by atoms with Gasteiger partial charge in [0.05, 0.1) is 21.4 Å². The predicted molar refractivity (Wildman–Crippen MR) is 161 cm³/mol. The lowest BCUT2D eigenvalue weighted by Gasteiger charge is -2.13. The molecule has 39 heavy (non-hydrogen) atoms. The van der Waals surface area contributed by atoms with Gasteiger partial charge >= 0.3 is 0 Å². The maximum atomic E-state index is 12.7. The third-order valence-electron chi connectivity index (χ3n) is 6.16. The van der Waals surface area contributed by atoms with Crippen molar-refractivity contribution in [3.8, 4) is 22.7 Å². The molecule has 0 aliphatic heterocycles. The Hall–Kier alpha value is -4.13. The van der Waals surface area contributed by atoms with Crippen LogP contribution in [0, 0.1) is 6.92 Å². The van der Waals surface area contributed by atoms with Crippen LogP contribution in [0.1, 0.15) is 27.2 Å². The second-order valence-electron chi connectivity index (χ2n) is 8.90. The zero-order chi connectivity index (χ0) is 27.2. The Labute approximate surface area is 240 Å². The summed E-state index contributed by atoms with van der Waals surface area (Å²) < 4.78 is 8.76. The minimum Gasteiger partial charge on any atom is -0.486 e. The van der Waals surface area contributed by atoms with Crippen LogP contribution in [0.25, 0.3) is 16.9 Å². The van der Waals surface area contributed by atoms with Crippen molar-refractivity contribution in [2.24, 2.45) is 5.10 Å². The molecule has 194 valence electrons. The summed E-state index contributed by atoms with van der Waals surface area (Å²) in [5.41, 5.74) is 9.16. The van der Waals surface area contributed by atoms with Crippen molar-refractivity contribution >= 4 is 39.7 Å². The lowest BCUT2D eigenvalue weighted by molar-refractivity contribution is 0.0955. The molecule has 0 fully saturated rings. The normalized spacial score (nSPS) is 11.1. The number of carbonyl (C=O) groups is 1.